The minimum absolute atomic E-state index is 0.0244. The van der Waals surface area contributed by atoms with Gasteiger partial charge in [-0.2, -0.15) is 0 Å². The Labute approximate surface area is 154 Å². The summed E-state index contributed by atoms with van der Waals surface area (Å²) in [5.41, 5.74) is 2.82. The molecule has 0 atom stereocenters. The molecule has 0 unspecified atom stereocenters. The van der Waals surface area contributed by atoms with Crippen molar-refractivity contribution in [1.82, 2.24) is 15.1 Å². The molecule has 2 aromatic rings. The highest BCUT2D eigenvalue weighted by atomic mass is 16.2. The van der Waals surface area contributed by atoms with Crippen LogP contribution in [0.3, 0.4) is 0 Å². The molecule has 2 aromatic carbocycles. The molecule has 0 aromatic heterocycles. The van der Waals surface area contributed by atoms with Crippen molar-refractivity contribution < 1.29 is 9.59 Å². The number of urea groups is 1. The standard InChI is InChI=1S/C21H25N3O2/c1-2-11-22-21(26)24-14-12-23(13-15-24)20(25)19-10-6-9-18(16-19)17-7-4-3-5-8-17/h3-10,16H,2,11-15H2,1H3,(H,22,26). The van der Waals surface area contributed by atoms with Gasteiger partial charge in [-0.3, -0.25) is 4.79 Å². The number of rotatable bonds is 4. The number of carbonyl (C=O) groups excluding carboxylic acids is 2. The molecule has 1 heterocycles. The third kappa shape index (κ3) is 4.23. The van der Waals surface area contributed by atoms with Crippen LogP contribution in [0.1, 0.15) is 23.7 Å². The molecule has 1 N–H and O–H groups in total. The fourth-order valence-electron chi connectivity index (χ4n) is 3.10. The summed E-state index contributed by atoms with van der Waals surface area (Å²) >= 11 is 0. The second-order valence-electron chi connectivity index (χ2n) is 6.46. The van der Waals surface area contributed by atoms with Gasteiger partial charge in [-0.05, 0) is 29.7 Å². The minimum Gasteiger partial charge on any atom is -0.338 e. The van der Waals surface area contributed by atoms with Gasteiger partial charge in [0.2, 0.25) is 0 Å². The maximum absolute atomic E-state index is 12.8. The van der Waals surface area contributed by atoms with Gasteiger partial charge in [-0.1, -0.05) is 49.4 Å². The van der Waals surface area contributed by atoms with Crippen molar-refractivity contribution in [2.45, 2.75) is 13.3 Å². The van der Waals surface area contributed by atoms with Gasteiger partial charge in [0.1, 0.15) is 0 Å². The predicted molar refractivity (Wildman–Crippen MR) is 103 cm³/mol. The van der Waals surface area contributed by atoms with Crippen LogP contribution in [0.15, 0.2) is 54.6 Å². The van der Waals surface area contributed by atoms with E-state index < -0.39 is 0 Å². The van der Waals surface area contributed by atoms with E-state index in [-0.39, 0.29) is 11.9 Å². The predicted octanol–water partition coefficient (Wildman–Crippen LogP) is 3.23. The first-order valence-corrected chi connectivity index (χ1v) is 9.16. The number of carbonyl (C=O) groups is 2. The lowest BCUT2D eigenvalue weighted by Gasteiger charge is -2.34. The number of benzene rings is 2. The maximum atomic E-state index is 12.8. The van der Waals surface area contributed by atoms with Crippen molar-refractivity contribution >= 4 is 11.9 Å². The zero-order chi connectivity index (χ0) is 18.4. The summed E-state index contributed by atoms with van der Waals surface area (Å²) < 4.78 is 0. The number of piperazine rings is 1. The molecule has 0 bridgehead atoms. The van der Waals surface area contributed by atoms with Crippen molar-refractivity contribution in [2.24, 2.45) is 0 Å². The van der Waals surface area contributed by atoms with E-state index in [1.165, 1.54) is 0 Å². The summed E-state index contributed by atoms with van der Waals surface area (Å²) in [5.74, 6) is 0.0244. The Balaban J connectivity index is 1.63. The average Bonchev–Trinajstić information content (AvgIpc) is 2.72. The quantitative estimate of drug-likeness (QED) is 0.919. The van der Waals surface area contributed by atoms with Crippen LogP contribution in [0.25, 0.3) is 11.1 Å². The largest absolute Gasteiger partial charge is 0.338 e. The molecule has 1 aliphatic rings. The summed E-state index contributed by atoms with van der Waals surface area (Å²) in [4.78, 5) is 28.5. The van der Waals surface area contributed by atoms with Gasteiger partial charge < -0.3 is 15.1 Å². The summed E-state index contributed by atoms with van der Waals surface area (Å²) in [6.45, 7) is 4.98. The first kappa shape index (κ1) is 18.0. The van der Waals surface area contributed by atoms with E-state index in [1.807, 2.05) is 66.4 Å². The molecule has 3 amide bonds. The van der Waals surface area contributed by atoms with Gasteiger partial charge in [0, 0.05) is 38.3 Å². The monoisotopic (exact) mass is 351 g/mol. The fraction of sp³-hybridized carbons (Fsp3) is 0.333. The summed E-state index contributed by atoms with van der Waals surface area (Å²) in [6, 6.07) is 17.7. The molecule has 3 rings (SSSR count). The smallest absolute Gasteiger partial charge is 0.317 e. The Kier molecular flexibility index (Phi) is 5.89. The molecule has 0 aliphatic carbocycles. The molecule has 5 nitrogen and oxygen atoms in total. The SMILES string of the molecule is CCCNC(=O)N1CCN(C(=O)c2cccc(-c3ccccc3)c2)CC1. The van der Waals surface area contributed by atoms with E-state index in [9.17, 15) is 9.59 Å². The van der Waals surface area contributed by atoms with Crippen LogP contribution in [0, 0.1) is 0 Å². The number of amides is 3. The molecular formula is C21H25N3O2. The molecule has 5 heteroatoms. The van der Waals surface area contributed by atoms with Crippen LogP contribution in [0.2, 0.25) is 0 Å². The number of nitrogens with zero attached hydrogens (tertiary/aromatic N) is 2. The summed E-state index contributed by atoms with van der Waals surface area (Å²) in [7, 11) is 0. The Hall–Kier alpha value is -2.82. The minimum atomic E-state index is -0.0370. The Morgan fingerprint density at radius 3 is 2.23 bits per heavy atom. The van der Waals surface area contributed by atoms with Gasteiger partial charge in [-0.25, -0.2) is 4.79 Å². The van der Waals surface area contributed by atoms with E-state index in [1.54, 1.807) is 4.90 Å². The maximum Gasteiger partial charge on any atom is 0.317 e. The highest BCUT2D eigenvalue weighted by Gasteiger charge is 2.24. The zero-order valence-electron chi connectivity index (χ0n) is 15.1. The highest BCUT2D eigenvalue weighted by Crippen LogP contribution is 2.21. The molecule has 26 heavy (non-hydrogen) atoms. The van der Waals surface area contributed by atoms with Crippen LogP contribution >= 0.6 is 0 Å². The molecule has 0 radical (unpaired) electrons. The fourth-order valence-corrected chi connectivity index (χ4v) is 3.10. The van der Waals surface area contributed by atoms with Crippen LogP contribution in [0.4, 0.5) is 4.79 Å². The molecule has 1 fully saturated rings. The first-order valence-electron chi connectivity index (χ1n) is 9.16. The molecule has 1 aliphatic heterocycles. The zero-order valence-corrected chi connectivity index (χ0v) is 15.1. The van der Waals surface area contributed by atoms with Gasteiger partial charge in [0.25, 0.3) is 5.91 Å². The van der Waals surface area contributed by atoms with Crippen LogP contribution in [0.5, 0.6) is 0 Å². The number of hydrogen-bond acceptors (Lipinski definition) is 2. The molecule has 0 saturated carbocycles. The van der Waals surface area contributed by atoms with Crippen molar-refractivity contribution in [3.8, 4) is 11.1 Å². The number of nitrogens with one attached hydrogen (secondary N) is 1. The van der Waals surface area contributed by atoms with Crippen LogP contribution in [-0.4, -0.2) is 54.5 Å². The van der Waals surface area contributed by atoms with E-state index in [2.05, 4.69) is 5.32 Å². The molecular weight excluding hydrogens is 326 g/mol. The highest BCUT2D eigenvalue weighted by molar-refractivity contribution is 5.95. The van der Waals surface area contributed by atoms with E-state index in [4.69, 9.17) is 0 Å². The third-order valence-electron chi connectivity index (χ3n) is 4.60. The topological polar surface area (TPSA) is 52.7 Å². The second-order valence-corrected chi connectivity index (χ2v) is 6.46. The molecule has 136 valence electrons. The summed E-state index contributed by atoms with van der Waals surface area (Å²) in [6.07, 6.45) is 0.919. The third-order valence-corrected chi connectivity index (χ3v) is 4.60. The lowest BCUT2D eigenvalue weighted by Crippen LogP contribution is -2.53. The summed E-state index contributed by atoms with van der Waals surface area (Å²) in [5, 5.41) is 2.89. The Morgan fingerprint density at radius 1 is 0.885 bits per heavy atom. The average molecular weight is 351 g/mol. The number of hydrogen-bond donors (Lipinski definition) is 1. The van der Waals surface area contributed by atoms with Crippen LogP contribution < -0.4 is 5.32 Å². The van der Waals surface area contributed by atoms with E-state index >= 15 is 0 Å². The molecule has 1 saturated heterocycles. The Morgan fingerprint density at radius 2 is 1.54 bits per heavy atom. The van der Waals surface area contributed by atoms with Gasteiger partial charge in [-0.15, -0.1) is 0 Å². The lowest BCUT2D eigenvalue weighted by atomic mass is 10.0. The van der Waals surface area contributed by atoms with Gasteiger partial charge >= 0.3 is 6.03 Å². The van der Waals surface area contributed by atoms with Gasteiger partial charge in [0.15, 0.2) is 0 Å². The Bertz CT molecular complexity index is 753. The van der Waals surface area contributed by atoms with Crippen molar-refractivity contribution in [3.05, 3.63) is 60.2 Å². The van der Waals surface area contributed by atoms with Crippen molar-refractivity contribution in [1.29, 1.82) is 0 Å². The van der Waals surface area contributed by atoms with Crippen LogP contribution in [-0.2, 0) is 0 Å². The lowest BCUT2D eigenvalue weighted by molar-refractivity contribution is 0.0665. The van der Waals surface area contributed by atoms with Gasteiger partial charge in [0.05, 0.1) is 0 Å². The molecule has 0 spiro atoms. The van der Waals surface area contributed by atoms with Crippen molar-refractivity contribution in [3.63, 3.8) is 0 Å². The van der Waals surface area contributed by atoms with E-state index in [0.717, 1.165) is 17.5 Å². The van der Waals surface area contributed by atoms with E-state index in [0.29, 0.717) is 38.3 Å². The first-order chi connectivity index (χ1) is 12.7. The van der Waals surface area contributed by atoms with Crippen molar-refractivity contribution in [2.75, 3.05) is 32.7 Å². The normalized spacial score (nSPS) is 14.2. The second kappa shape index (κ2) is 8.52.